The molecule has 0 bridgehead atoms. The third-order valence-corrected chi connectivity index (χ3v) is 5.25. The lowest BCUT2D eigenvalue weighted by atomic mass is 9.75. The van der Waals surface area contributed by atoms with Gasteiger partial charge in [-0.1, -0.05) is 32.6 Å². The lowest BCUT2D eigenvalue weighted by Crippen LogP contribution is -2.42. The van der Waals surface area contributed by atoms with E-state index in [0.717, 1.165) is 37.0 Å². The number of aromatic nitrogens is 2. The lowest BCUT2D eigenvalue weighted by Gasteiger charge is -2.42. The van der Waals surface area contributed by atoms with Crippen molar-refractivity contribution in [2.45, 2.75) is 51.9 Å². The highest BCUT2D eigenvalue weighted by Gasteiger charge is 2.32. The van der Waals surface area contributed by atoms with Crippen LogP contribution in [0.1, 0.15) is 51.0 Å². The number of hydrogen-bond donors (Lipinski definition) is 1. The molecule has 0 amide bonds. The average molecular weight is 288 g/mol. The van der Waals surface area contributed by atoms with Crippen molar-refractivity contribution >= 4 is 11.6 Å². The number of nitrogens with one attached hydrogen (secondary N) is 1. The molecular formula is C17H28N4. The molecule has 1 aromatic heterocycles. The predicted molar refractivity (Wildman–Crippen MR) is 87.9 cm³/mol. The molecule has 1 saturated carbocycles. The van der Waals surface area contributed by atoms with Gasteiger partial charge in [-0.15, -0.1) is 0 Å². The molecule has 1 aliphatic heterocycles. The quantitative estimate of drug-likeness (QED) is 0.921. The van der Waals surface area contributed by atoms with E-state index < -0.39 is 0 Å². The molecule has 0 radical (unpaired) electrons. The summed E-state index contributed by atoms with van der Waals surface area (Å²) in [7, 11) is 1.96. The summed E-state index contributed by atoms with van der Waals surface area (Å²) >= 11 is 0. The van der Waals surface area contributed by atoms with E-state index >= 15 is 0 Å². The number of piperidine rings is 1. The van der Waals surface area contributed by atoms with Gasteiger partial charge in [-0.3, -0.25) is 0 Å². The smallest absolute Gasteiger partial charge is 0.137 e. The van der Waals surface area contributed by atoms with Crippen LogP contribution in [0.25, 0.3) is 0 Å². The van der Waals surface area contributed by atoms with E-state index in [1.54, 1.807) is 6.33 Å². The first-order valence-corrected chi connectivity index (χ1v) is 8.60. The first-order valence-electron chi connectivity index (χ1n) is 8.60. The van der Waals surface area contributed by atoms with Crippen LogP contribution in [0.2, 0.25) is 0 Å². The fourth-order valence-electron chi connectivity index (χ4n) is 4.16. The van der Waals surface area contributed by atoms with Crippen LogP contribution >= 0.6 is 0 Å². The van der Waals surface area contributed by atoms with Gasteiger partial charge in [-0.25, -0.2) is 9.97 Å². The standard InChI is InChI=1S/C17H28N4/c1-3-6-15-16(18-2)19-12-20-17(15)21-10-9-13-7-4-5-8-14(13)11-21/h12-14H,3-11H2,1-2H3,(H,18,19,20). The zero-order valence-electron chi connectivity index (χ0n) is 13.4. The van der Waals surface area contributed by atoms with Gasteiger partial charge in [-0.05, 0) is 31.1 Å². The highest BCUT2D eigenvalue weighted by Crippen LogP contribution is 2.38. The van der Waals surface area contributed by atoms with Crippen molar-refractivity contribution in [1.82, 2.24) is 9.97 Å². The van der Waals surface area contributed by atoms with E-state index in [2.05, 4.69) is 27.1 Å². The number of nitrogens with zero attached hydrogens (tertiary/aromatic N) is 3. The number of anilines is 2. The molecule has 3 rings (SSSR count). The van der Waals surface area contributed by atoms with Crippen molar-refractivity contribution in [3.63, 3.8) is 0 Å². The maximum atomic E-state index is 4.64. The summed E-state index contributed by atoms with van der Waals surface area (Å²) in [6.07, 6.45) is 11.0. The molecule has 2 fully saturated rings. The molecule has 1 N–H and O–H groups in total. The summed E-state index contributed by atoms with van der Waals surface area (Å²) in [5.41, 5.74) is 1.30. The summed E-state index contributed by atoms with van der Waals surface area (Å²) < 4.78 is 0. The second-order valence-corrected chi connectivity index (χ2v) is 6.56. The highest BCUT2D eigenvalue weighted by atomic mass is 15.2. The van der Waals surface area contributed by atoms with Crippen molar-refractivity contribution in [2.75, 3.05) is 30.4 Å². The Morgan fingerprint density at radius 1 is 1.19 bits per heavy atom. The summed E-state index contributed by atoms with van der Waals surface area (Å²) in [5, 5.41) is 3.24. The van der Waals surface area contributed by atoms with Crippen LogP contribution < -0.4 is 10.2 Å². The minimum absolute atomic E-state index is 0.884. The average Bonchev–Trinajstić information content (AvgIpc) is 2.55. The summed E-state index contributed by atoms with van der Waals surface area (Å²) in [5.74, 6) is 4.04. The fraction of sp³-hybridized carbons (Fsp3) is 0.765. The number of rotatable bonds is 4. The van der Waals surface area contributed by atoms with Gasteiger partial charge in [-0.2, -0.15) is 0 Å². The van der Waals surface area contributed by atoms with Crippen LogP contribution in [-0.4, -0.2) is 30.1 Å². The summed E-state index contributed by atoms with van der Waals surface area (Å²) in [6.45, 7) is 4.59. The van der Waals surface area contributed by atoms with Gasteiger partial charge in [0.05, 0.1) is 0 Å². The topological polar surface area (TPSA) is 41.1 Å². The maximum absolute atomic E-state index is 4.64. The number of fused-ring (bicyclic) bond motifs is 1. The third kappa shape index (κ3) is 2.99. The third-order valence-electron chi connectivity index (χ3n) is 5.25. The van der Waals surface area contributed by atoms with Crippen LogP contribution in [0.15, 0.2) is 6.33 Å². The molecule has 0 aromatic carbocycles. The van der Waals surface area contributed by atoms with Gasteiger partial charge in [0.1, 0.15) is 18.0 Å². The molecule has 21 heavy (non-hydrogen) atoms. The van der Waals surface area contributed by atoms with E-state index in [0.29, 0.717) is 0 Å². The Balaban J connectivity index is 1.83. The molecule has 1 saturated heterocycles. The van der Waals surface area contributed by atoms with E-state index in [1.807, 2.05) is 7.05 Å². The lowest BCUT2D eigenvalue weighted by molar-refractivity contribution is 0.202. The van der Waals surface area contributed by atoms with Crippen molar-refractivity contribution in [3.05, 3.63) is 11.9 Å². The van der Waals surface area contributed by atoms with Gasteiger partial charge < -0.3 is 10.2 Å². The van der Waals surface area contributed by atoms with Crippen molar-refractivity contribution < 1.29 is 0 Å². The SMILES string of the molecule is CCCc1c(NC)ncnc1N1CCC2CCCCC2C1. The second-order valence-electron chi connectivity index (χ2n) is 6.56. The van der Waals surface area contributed by atoms with Crippen molar-refractivity contribution in [3.8, 4) is 0 Å². The van der Waals surface area contributed by atoms with Crippen molar-refractivity contribution in [1.29, 1.82) is 0 Å². The second kappa shape index (κ2) is 6.63. The molecule has 116 valence electrons. The monoisotopic (exact) mass is 288 g/mol. The van der Waals surface area contributed by atoms with Crippen LogP contribution in [0, 0.1) is 11.8 Å². The number of hydrogen-bond acceptors (Lipinski definition) is 4. The van der Waals surface area contributed by atoms with Crippen molar-refractivity contribution in [2.24, 2.45) is 11.8 Å². The largest absolute Gasteiger partial charge is 0.373 e. The maximum Gasteiger partial charge on any atom is 0.137 e. The Labute approximate surface area is 128 Å². The Hall–Kier alpha value is -1.32. The Bertz CT molecular complexity index is 474. The fourth-order valence-corrected chi connectivity index (χ4v) is 4.16. The molecule has 2 atom stereocenters. The van der Waals surface area contributed by atoms with E-state index in [9.17, 15) is 0 Å². The zero-order chi connectivity index (χ0) is 14.7. The highest BCUT2D eigenvalue weighted by molar-refractivity contribution is 5.58. The van der Waals surface area contributed by atoms with Crippen LogP contribution in [0.5, 0.6) is 0 Å². The van der Waals surface area contributed by atoms with Crippen LogP contribution in [0.3, 0.4) is 0 Å². The molecule has 2 unspecified atom stereocenters. The molecule has 4 heteroatoms. The Morgan fingerprint density at radius 3 is 2.76 bits per heavy atom. The minimum Gasteiger partial charge on any atom is -0.373 e. The summed E-state index contributed by atoms with van der Waals surface area (Å²) in [6, 6.07) is 0. The molecule has 0 spiro atoms. The van der Waals surface area contributed by atoms with E-state index in [1.165, 1.54) is 50.0 Å². The van der Waals surface area contributed by atoms with Gasteiger partial charge in [0.2, 0.25) is 0 Å². The van der Waals surface area contributed by atoms with Gasteiger partial charge in [0.25, 0.3) is 0 Å². The Kier molecular flexibility index (Phi) is 4.61. The van der Waals surface area contributed by atoms with Gasteiger partial charge in [0.15, 0.2) is 0 Å². The molecule has 2 heterocycles. The Morgan fingerprint density at radius 2 is 2.00 bits per heavy atom. The van der Waals surface area contributed by atoms with Gasteiger partial charge in [0, 0.05) is 25.7 Å². The van der Waals surface area contributed by atoms with E-state index in [-0.39, 0.29) is 0 Å². The normalized spacial score (nSPS) is 25.5. The molecule has 1 aromatic rings. The zero-order valence-corrected chi connectivity index (χ0v) is 13.4. The predicted octanol–water partition coefficient (Wildman–Crippen LogP) is 3.49. The molecule has 1 aliphatic carbocycles. The first kappa shape index (κ1) is 14.6. The molecular weight excluding hydrogens is 260 g/mol. The summed E-state index contributed by atoms with van der Waals surface area (Å²) in [4.78, 5) is 11.6. The van der Waals surface area contributed by atoms with E-state index in [4.69, 9.17) is 0 Å². The van der Waals surface area contributed by atoms with Crippen LogP contribution in [0.4, 0.5) is 11.6 Å². The molecule has 2 aliphatic rings. The van der Waals surface area contributed by atoms with Gasteiger partial charge >= 0.3 is 0 Å². The van der Waals surface area contributed by atoms with Crippen LogP contribution in [-0.2, 0) is 6.42 Å². The first-order chi connectivity index (χ1) is 10.3. The minimum atomic E-state index is 0.884. The molecule has 4 nitrogen and oxygen atoms in total.